The zero-order valence-electron chi connectivity index (χ0n) is 26.3. The van der Waals surface area contributed by atoms with Crippen molar-refractivity contribution in [3.05, 3.63) is 131 Å². The fourth-order valence-corrected chi connectivity index (χ4v) is 6.57. The minimum absolute atomic E-state index is 0.0103. The fraction of sp³-hybridized carbons (Fsp3) is 0.278. The third kappa shape index (κ3) is 8.25. The van der Waals surface area contributed by atoms with Crippen molar-refractivity contribution in [3.8, 4) is 11.1 Å². The second-order valence-electron chi connectivity index (χ2n) is 11.6. The molecule has 242 valence electrons. The second-order valence-corrected chi connectivity index (χ2v) is 12.6. The van der Waals surface area contributed by atoms with Gasteiger partial charge in [-0.2, -0.15) is 0 Å². The molecule has 11 heteroatoms. The van der Waals surface area contributed by atoms with Crippen LogP contribution in [0.15, 0.2) is 108 Å². The van der Waals surface area contributed by atoms with Gasteiger partial charge in [-0.25, -0.2) is 9.48 Å². The fourth-order valence-electron chi connectivity index (χ4n) is 5.56. The predicted octanol–water partition coefficient (Wildman–Crippen LogP) is 5.95. The summed E-state index contributed by atoms with van der Waals surface area (Å²) in [4.78, 5) is 12.4. The zero-order chi connectivity index (χ0) is 32.6. The number of nitrogens with one attached hydrogen (secondary N) is 2. The lowest BCUT2D eigenvalue weighted by atomic mass is 9.91. The molecule has 1 aliphatic heterocycles. The maximum absolute atomic E-state index is 12.4. The molecule has 4 aromatic carbocycles. The number of urea groups is 1. The summed E-state index contributed by atoms with van der Waals surface area (Å²) < 4.78 is 15.0. The summed E-state index contributed by atoms with van der Waals surface area (Å²) in [6, 6.07) is 33.8. The zero-order valence-corrected chi connectivity index (χ0v) is 27.1. The van der Waals surface area contributed by atoms with Crippen molar-refractivity contribution in [1.29, 1.82) is 0 Å². The summed E-state index contributed by atoms with van der Waals surface area (Å²) in [6.45, 7) is 3.00. The van der Waals surface area contributed by atoms with Crippen LogP contribution in [0.1, 0.15) is 47.1 Å². The van der Waals surface area contributed by atoms with Crippen molar-refractivity contribution in [3.63, 3.8) is 0 Å². The molecule has 1 saturated heterocycles. The first-order valence-corrected chi connectivity index (χ1v) is 16.6. The third-order valence-corrected chi connectivity index (χ3v) is 9.35. The molecule has 4 atom stereocenters. The van der Waals surface area contributed by atoms with Crippen LogP contribution in [0.2, 0.25) is 0 Å². The number of carbonyl (C=O) groups is 1. The SMILES string of the molecule is C[C@@H]1[C@H](CSc2nnnn2C)O[C@H](c2cccc(-c3cccc(CNC(=O)NCc4ccccc4)c3)c2)O[C@@H]1c1ccc(CO)cc1. The highest BCUT2D eigenvalue weighted by atomic mass is 32.2. The lowest BCUT2D eigenvalue weighted by molar-refractivity contribution is -0.268. The van der Waals surface area contributed by atoms with Crippen LogP contribution in [0.3, 0.4) is 0 Å². The molecule has 0 spiro atoms. The average Bonchev–Trinajstić information content (AvgIpc) is 3.54. The smallest absolute Gasteiger partial charge is 0.315 e. The number of aliphatic hydroxyl groups excluding tert-OH is 1. The third-order valence-electron chi connectivity index (χ3n) is 8.25. The van der Waals surface area contributed by atoms with E-state index in [9.17, 15) is 9.90 Å². The molecule has 1 fully saturated rings. The second kappa shape index (κ2) is 15.4. The van der Waals surface area contributed by atoms with Crippen LogP contribution >= 0.6 is 11.8 Å². The Morgan fingerprint density at radius 2 is 1.53 bits per heavy atom. The number of amides is 2. The number of thioether (sulfide) groups is 1. The Balaban J connectivity index is 1.17. The van der Waals surface area contributed by atoms with Gasteiger partial charge in [0.05, 0.1) is 18.8 Å². The van der Waals surface area contributed by atoms with Crippen molar-refractivity contribution in [2.45, 2.75) is 50.3 Å². The van der Waals surface area contributed by atoms with Gasteiger partial charge in [0.1, 0.15) is 0 Å². The van der Waals surface area contributed by atoms with Crippen LogP contribution < -0.4 is 10.6 Å². The first-order valence-electron chi connectivity index (χ1n) is 15.6. The molecular weight excluding hydrogens is 613 g/mol. The van der Waals surface area contributed by atoms with Gasteiger partial charge in [0, 0.05) is 37.4 Å². The largest absolute Gasteiger partial charge is 0.392 e. The molecule has 1 aliphatic rings. The number of rotatable bonds is 11. The number of aryl methyl sites for hydroxylation is 1. The molecule has 5 aromatic rings. The first kappa shape index (κ1) is 32.4. The lowest BCUT2D eigenvalue weighted by Gasteiger charge is -2.41. The molecule has 10 nitrogen and oxygen atoms in total. The minimum atomic E-state index is -0.602. The molecule has 2 amide bonds. The molecule has 6 rings (SSSR count). The number of hydrogen-bond donors (Lipinski definition) is 3. The summed E-state index contributed by atoms with van der Waals surface area (Å²) in [7, 11) is 1.82. The number of ether oxygens (including phenoxy) is 2. The van der Waals surface area contributed by atoms with E-state index in [1.807, 2.05) is 85.9 Å². The van der Waals surface area contributed by atoms with Crippen molar-refractivity contribution >= 4 is 17.8 Å². The van der Waals surface area contributed by atoms with Gasteiger partial charge >= 0.3 is 6.03 Å². The number of benzene rings is 4. The van der Waals surface area contributed by atoms with E-state index in [1.165, 1.54) is 0 Å². The van der Waals surface area contributed by atoms with E-state index in [2.05, 4.69) is 57.3 Å². The summed E-state index contributed by atoms with van der Waals surface area (Å²) in [6.07, 6.45) is -0.977. The van der Waals surface area contributed by atoms with E-state index in [0.29, 0.717) is 18.8 Å². The number of aromatic nitrogens is 4. The average molecular weight is 651 g/mol. The van der Waals surface area contributed by atoms with Gasteiger partial charge in [0.2, 0.25) is 5.16 Å². The molecule has 0 aliphatic carbocycles. The van der Waals surface area contributed by atoms with E-state index in [-0.39, 0.29) is 30.8 Å². The maximum atomic E-state index is 12.4. The molecular formula is C36H38N6O4S. The van der Waals surface area contributed by atoms with Crippen molar-refractivity contribution in [1.82, 2.24) is 30.8 Å². The van der Waals surface area contributed by atoms with Crippen LogP contribution in [0, 0.1) is 5.92 Å². The van der Waals surface area contributed by atoms with Crippen molar-refractivity contribution in [2.24, 2.45) is 13.0 Å². The number of nitrogens with zero attached hydrogens (tertiary/aromatic N) is 4. The summed E-state index contributed by atoms with van der Waals surface area (Å²) in [5.74, 6) is 0.686. The first-order chi connectivity index (χ1) is 23.0. The Bertz CT molecular complexity index is 1770. The van der Waals surface area contributed by atoms with E-state index in [0.717, 1.165) is 44.1 Å². The summed E-state index contributed by atoms with van der Waals surface area (Å²) in [5, 5.41) is 28.0. The molecule has 0 unspecified atom stereocenters. The summed E-state index contributed by atoms with van der Waals surface area (Å²) in [5.41, 5.74) is 6.87. The van der Waals surface area contributed by atoms with Gasteiger partial charge in [0.25, 0.3) is 0 Å². The number of tetrazole rings is 1. The van der Waals surface area contributed by atoms with Crippen LogP contribution in [0.25, 0.3) is 11.1 Å². The van der Waals surface area contributed by atoms with Crippen molar-refractivity contribution in [2.75, 3.05) is 5.75 Å². The van der Waals surface area contributed by atoms with E-state index in [1.54, 1.807) is 16.4 Å². The van der Waals surface area contributed by atoms with Crippen LogP contribution in [0.5, 0.6) is 0 Å². The number of aliphatic hydroxyl groups is 1. The monoisotopic (exact) mass is 650 g/mol. The van der Waals surface area contributed by atoms with Crippen molar-refractivity contribution < 1.29 is 19.4 Å². The van der Waals surface area contributed by atoms with Gasteiger partial charge in [-0.3, -0.25) is 0 Å². The maximum Gasteiger partial charge on any atom is 0.315 e. The van der Waals surface area contributed by atoms with Gasteiger partial charge < -0.3 is 25.2 Å². The molecule has 0 bridgehead atoms. The van der Waals surface area contributed by atoms with Gasteiger partial charge in [-0.05, 0) is 55.9 Å². The van der Waals surface area contributed by atoms with Crippen LogP contribution in [-0.2, 0) is 36.2 Å². The molecule has 1 aromatic heterocycles. The van der Waals surface area contributed by atoms with Crippen LogP contribution in [-0.4, -0.2) is 43.2 Å². The molecule has 3 N–H and O–H groups in total. The Kier molecular flexibility index (Phi) is 10.6. The number of carbonyl (C=O) groups excluding carboxylic acids is 1. The molecule has 2 heterocycles. The van der Waals surface area contributed by atoms with E-state index >= 15 is 0 Å². The van der Waals surface area contributed by atoms with E-state index in [4.69, 9.17) is 9.47 Å². The topological polar surface area (TPSA) is 123 Å². The standard InChI is InChI=1S/C36H38N6O4S/c1-24-32(23-47-36-39-40-41-42(36)2)45-34(46-33(24)28-16-14-26(22-43)15-17-28)31-13-7-12-30(19-31)29-11-6-10-27(18-29)21-38-35(44)37-20-25-8-4-3-5-9-25/h3-19,24,32-34,43H,20-23H2,1-2H3,(H2,37,38,44)/t24-,32+,33+,34+/m1/s1. The normalized spacial score (nSPS) is 19.3. The predicted molar refractivity (Wildman–Crippen MR) is 180 cm³/mol. The molecule has 0 radical (unpaired) electrons. The Morgan fingerprint density at radius 1 is 0.830 bits per heavy atom. The Labute approximate surface area is 278 Å². The van der Waals surface area contributed by atoms with E-state index < -0.39 is 6.29 Å². The van der Waals surface area contributed by atoms with Crippen LogP contribution in [0.4, 0.5) is 4.79 Å². The van der Waals surface area contributed by atoms with Gasteiger partial charge in [-0.15, -0.1) is 5.10 Å². The number of hydrogen-bond acceptors (Lipinski definition) is 8. The van der Waals surface area contributed by atoms with Gasteiger partial charge in [0.15, 0.2) is 6.29 Å². The molecule has 0 saturated carbocycles. The Hall–Kier alpha value is -4.55. The highest BCUT2D eigenvalue weighted by Gasteiger charge is 2.38. The summed E-state index contributed by atoms with van der Waals surface area (Å²) >= 11 is 1.55. The quantitative estimate of drug-likeness (QED) is 0.150. The lowest BCUT2D eigenvalue weighted by Crippen LogP contribution is -2.38. The Morgan fingerprint density at radius 3 is 2.26 bits per heavy atom. The van der Waals surface area contributed by atoms with Gasteiger partial charge in [-0.1, -0.05) is 110 Å². The molecule has 47 heavy (non-hydrogen) atoms. The highest BCUT2D eigenvalue weighted by Crippen LogP contribution is 2.43. The minimum Gasteiger partial charge on any atom is -0.392 e. The highest BCUT2D eigenvalue weighted by molar-refractivity contribution is 7.99.